The second kappa shape index (κ2) is 10.2. The second-order valence-corrected chi connectivity index (χ2v) is 12.0. The molecule has 0 aliphatic rings. The fourth-order valence-electron chi connectivity index (χ4n) is 7.60. The average molecular weight is 602 g/mol. The SMILES string of the molecule is [2H]c1c([2H])c([2H])c(-c2cccc3c(-c4c5ccccc5c(-c5cccc6oc7c8ccccc8ccc7c56)c5ccccc45)cccc23)c([2H])c1[2H]. The summed E-state index contributed by atoms with van der Waals surface area (Å²) >= 11 is 0. The number of fused-ring (bicyclic) bond motifs is 8. The molecule has 10 aromatic rings. The number of rotatable bonds is 3. The summed E-state index contributed by atoms with van der Waals surface area (Å²) in [5, 5.41) is 10.5. The summed E-state index contributed by atoms with van der Waals surface area (Å²) in [7, 11) is 0. The van der Waals surface area contributed by atoms with Crippen LogP contribution < -0.4 is 0 Å². The van der Waals surface area contributed by atoms with E-state index in [0.717, 1.165) is 87.3 Å². The fraction of sp³-hybridized carbons (Fsp3) is 0. The van der Waals surface area contributed by atoms with E-state index in [2.05, 4.69) is 115 Å². The van der Waals surface area contributed by atoms with E-state index in [1.165, 1.54) is 0 Å². The first-order chi connectivity index (χ1) is 25.4. The van der Waals surface area contributed by atoms with Gasteiger partial charge in [-0.25, -0.2) is 0 Å². The standard InChI is InChI=1S/C46H28O/c1-2-13-29(14-3-1)31-21-10-23-34-33(31)22-11-24-35(34)43-36-17-6-8-19-38(36)44(39-20-9-7-18-37(39)43)40-25-12-26-42-45(40)41-28-27-30-15-4-5-16-32(30)46(41)47-42/h1-28H/i1D,2D,3D,13D,14D. The van der Waals surface area contributed by atoms with E-state index >= 15 is 0 Å². The highest BCUT2D eigenvalue weighted by atomic mass is 16.3. The van der Waals surface area contributed by atoms with Gasteiger partial charge in [-0.05, 0) is 83.2 Å². The van der Waals surface area contributed by atoms with Crippen LogP contribution in [0, 0.1) is 0 Å². The Labute approximate surface area is 279 Å². The molecule has 0 saturated carbocycles. The molecule has 47 heavy (non-hydrogen) atoms. The Morgan fingerprint density at radius 3 is 1.62 bits per heavy atom. The van der Waals surface area contributed by atoms with Crippen LogP contribution in [-0.4, -0.2) is 0 Å². The van der Waals surface area contributed by atoms with Gasteiger partial charge < -0.3 is 4.42 Å². The summed E-state index contributed by atoms with van der Waals surface area (Å²) in [6.07, 6.45) is 0. The monoisotopic (exact) mass is 601 g/mol. The quantitative estimate of drug-likeness (QED) is 0.184. The van der Waals surface area contributed by atoms with Crippen LogP contribution in [0.4, 0.5) is 0 Å². The Bertz CT molecular complexity index is 3050. The normalized spacial score (nSPS) is 13.3. The van der Waals surface area contributed by atoms with Crippen molar-refractivity contribution in [3.05, 3.63) is 170 Å². The molecule has 0 amide bonds. The Morgan fingerprint density at radius 1 is 0.383 bits per heavy atom. The molecule has 0 aliphatic carbocycles. The summed E-state index contributed by atoms with van der Waals surface area (Å²) in [6.45, 7) is 0. The number of hydrogen-bond acceptors (Lipinski definition) is 1. The Balaban J connectivity index is 1.30. The van der Waals surface area contributed by atoms with Crippen LogP contribution in [0.5, 0.6) is 0 Å². The van der Waals surface area contributed by atoms with Crippen LogP contribution in [0.2, 0.25) is 0 Å². The first-order valence-corrected chi connectivity index (χ1v) is 15.8. The first kappa shape index (κ1) is 21.5. The van der Waals surface area contributed by atoms with Crippen molar-refractivity contribution in [2.45, 2.75) is 0 Å². The predicted molar refractivity (Wildman–Crippen MR) is 200 cm³/mol. The van der Waals surface area contributed by atoms with Gasteiger partial charge in [-0.2, -0.15) is 0 Å². The number of hydrogen-bond donors (Lipinski definition) is 0. The maximum absolute atomic E-state index is 8.74. The third-order valence-electron chi connectivity index (χ3n) is 9.55. The zero-order valence-electron chi connectivity index (χ0n) is 30.2. The molecule has 1 aromatic heterocycles. The van der Waals surface area contributed by atoms with Gasteiger partial charge >= 0.3 is 0 Å². The molecule has 1 heterocycles. The third kappa shape index (κ3) is 3.84. The third-order valence-corrected chi connectivity index (χ3v) is 9.55. The summed E-state index contributed by atoms with van der Waals surface area (Å²) < 4.78 is 48.9. The molecule has 218 valence electrons. The summed E-state index contributed by atoms with van der Waals surface area (Å²) in [4.78, 5) is 0. The van der Waals surface area contributed by atoms with Gasteiger partial charge in [-0.15, -0.1) is 0 Å². The topological polar surface area (TPSA) is 13.1 Å². The molecular weight excluding hydrogens is 569 g/mol. The molecule has 0 atom stereocenters. The molecule has 0 radical (unpaired) electrons. The highest BCUT2D eigenvalue weighted by Crippen LogP contribution is 2.48. The molecule has 0 spiro atoms. The zero-order chi connectivity index (χ0) is 35.2. The van der Waals surface area contributed by atoms with Crippen molar-refractivity contribution in [3.8, 4) is 33.4 Å². The molecule has 1 heteroatoms. The van der Waals surface area contributed by atoms with Crippen molar-refractivity contribution in [3.63, 3.8) is 0 Å². The molecule has 0 aliphatic heterocycles. The van der Waals surface area contributed by atoms with E-state index in [1.54, 1.807) is 0 Å². The molecule has 1 nitrogen and oxygen atoms in total. The lowest BCUT2D eigenvalue weighted by atomic mass is 9.83. The Morgan fingerprint density at radius 2 is 0.915 bits per heavy atom. The van der Waals surface area contributed by atoms with Gasteiger partial charge in [0.25, 0.3) is 0 Å². The smallest absolute Gasteiger partial charge is 0.143 e. The molecule has 10 rings (SSSR count). The van der Waals surface area contributed by atoms with Crippen LogP contribution in [0.3, 0.4) is 0 Å². The van der Waals surface area contributed by atoms with Crippen LogP contribution in [0.15, 0.2) is 174 Å². The molecule has 0 fully saturated rings. The van der Waals surface area contributed by atoms with Crippen molar-refractivity contribution in [2.75, 3.05) is 0 Å². The Hall–Kier alpha value is -6.18. The first-order valence-electron chi connectivity index (χ1n) is 18.3. The van der Waals surface area contributed by atoms with Crippen molar-refractivity contribution in [1.29, 1.82) is 0 Å². The van der Waals surface area contributed by atoms with Crippen LogP contribution in [-0.2, 0) is 0 Å². The molecule has 0 N–H and O–H groups in total. The number of benzene rings is 9. The van der Waals surface area contributed by atoms with Gasteiger partial charge in [-0.1, -0.05) is 158 Å². The zero-order valence-corrected chi connectivity index (χ0v) is 25.2. The highest BCUT2D eigenvalue weighted by Gasteiger charge is 2.21. The largest absolute Gasteiger partial charge is 0.455 e. The van der Waals surface area contributed by atoms with Crippen LogP contribution in [0.25, 0.3) is 98.4 Å². The van der Waals surface area contributed by atoms with E-state index in [4.69, 9.17) is 11.3 Å². The highest BCUT2D eigenvalue weighted by molar-refractivity contribution is 6.28. The summed E-state index contributed by atoms with van der Waals surface area (Å²) in [6, 6.07) is 46.5. The minimum absolute atomic E-state index is 0.201. The van der Waals surface area contributed by atoms with Gasteiger partial charge in [0.1, 0.15) is 11.2 Å². The van der Waals surface area contributed by atoms with Gasteiger partial charge in [-0.3, -0.25) is 0 Å². The second-order valence-electron chi connectivity index (χ2n) is 12.0. The molecule has 9 aromatic carbocycles. The summed E-state index contributed by atoms with van der Waals surface area (Å²) in [5.74, 6) is 0. The summed E-state index contributed by atoms with van der Waals surface area (Å²) in [5.41, 5.74) is 6.85. The average Bonchev–Trinajstić information content (AvgIpc) is 3.58. The van der Waals surface area contributed by atoms with Crippen LogP contribution in [0.1, 0.15) is 6.85 Å². The van der Waals surface area contributed by atoms with Crippen molar-refractivity contribution >= 4 is 65.0 Å². The van der Waals surface area contributed by atoms with Crippen molar-refractivity contribution in [1.82, 2.24) is 0 Å². The Kier molecular flexibility index (Phi) is 4.66. The minimum atomic E-state index is -0.398. The van der Waals surface area contributed by atoms with E-state index in [-0.39, 0.29) is 29.7 Å². The van der Waals surface area contributed by atoms with Gasteiger partial charge in [0, 0.05) is 16.2 Å². The lowest BCUT2D eigenvalue weighted by molar-refractivity contribution is 0.673. The molecule has 0 bridgehead atoms. The minimum Gasteiger partial charge on any atom is -0.455 e. The van der Waals surface area contributed by atoms with Gasteiger partial charge in [0.05, 0.1) is 6.85 Å². The fourth-order valence-corrected chi connectivity index (χ4v) is 7.60. The maximum atomic E-state index is 8.74. The van der Waals surface area contributed by atoms with Crippen molar-refractivity contribution in [2.24, 2.45) is 0 Å². The van der Waals surface area contributed by atoms with Crippen molar-refractivity contribution < 1.29 is 11.3 Å². The van der Waals surface area contributed by atoms with E-state index in [9.17, 15) is 0 Å². The van der Waals surface area contributed by atoms with Gasteiger partial charge in [0.2, 0.25) is 0 Å². The molecular formula is C46H28O. The van der Waals surface area contributed by atoms with E-state index < -0.39 is 6.04 Å². The van der Waals surface area contributed by atoms with Gasteiger partial charge in [0.15, 0.2) is 0 Å². The molecule has 0 saturated heterocycles. The van der Waals surface area contributed by atoms with E-state index in [0.29, 0.717) is 5.56 Å². The lowest BCUT2D eigenvalue weighted by Crippen LogP contribution is -1.92. The molecule has 0 unspecified atom stereocenters. The lowest BCUT2D eigenvalue weighted by Gasteiger charge is -2.19. The van der Waals surface area contributed by atoms with Crippen LogP contribution >= 0.6 is 0 Å². The predicted octanol–water partition coefficient (Wildman–Crippen LogP) is 13.2. The maximum Gasteiger partial charge on any atom is 0.143 e. The number of furan rings is 1. The van der Waals surface area contributed by atoms with E-state index in [1.807, 2.05) is 24.3 Å².